The first kappa shape index (κ1) is 8.97. The van der Waals surface area contributed by atoms with Gasteiger partial charge in [-0.1, -0.05) is 18.2 Å². The summed E-state index contributed by atoms with van der Waals surface area (Å²) in [6.45, 7) is 2.40. The fourth-order valence-electron chi connectivity index (χ4n) is 1.74. The maximum absolute atomic E-state index is 10.0. The molecule has 0 radical (unpaired) electrons. The van der Waals surface area contributed by atoms with Crippen molar-refractivity contribution in [3.63, 3.8) is 0 Å². The van der Waals surface area contributed by atoms with Gasteiger partial charge in [-0.2, -0.15) is 0 Å². The summed E-state index contributed by atoms with van der Waals surface area (Å²) in [7, 11) is 0. The van der Waals surface area contributed by atoms with Crippen LogP contribution in [-0.2, 0) is 17.8 Å². The molecule has 0 spiro atoms. The van der Waals surface area contributed by atoms with Crippen LogP contribution in [0.5, 0.6) is 5.75 Å². The second-order valence-electron chi connectivity index (χ2n) is 3.45. The quantitative estimate of drug-likeness (QED) is 0.526. The maximum atomic E-state index is 10.0. The summed E-state index contributed by atoms with van der Waals surface area (Å²) in [4.78, 5) is 13.6. The molecule has 0 N–H and O–H groups in total. The SMILES string of the molecule is CC1Cc2cccc(CN=C=O)c2O1. The van der Waals surface area contributed by atoms with Crippen molar-refractivity contribution in [1.82, 2.24) is 0 Å². The molecular weight excluding hydrogens is 178 g/mol. The van der Waals surface area contributed by atoms with Gasteiger partial charge in [0.05, 0.1) is 6.54 Å². The van der Waals surface area contributed by atoms with Crippen molar-refractivity contribution in [2.24, 2.45) is 4.99 Å². The smallest absolute Gasteiger partial charge is 0.235 e. The van der Waals surface area contributed by atoms with Gasteiger partial charge in [-0.3, -0.25) is 0 Å². The largest absolute Gasteiger partial charge is 0.490 e. The fourth-order valence-corrected chi connectivity index (χ4v) is 1.74. The number of hydrogen-bond acceptors (Lipinski definition) is 3. The van der Waals surface area contributed by atoms with Gasteiger partial charge in [-0.25, -0.2) is 9.79 Å². The summed E-state index contributed by atoms with van der Waals surface area (Å²) in [6, 6.07) is 5.95. The molecule has 0 aliphatic carbocycles. The van der Waals surface area contributed by atoms with Gasteiger partial charge in [0.25, 0.3) is 0 Å². The van der Waals surface area contributed by atoms with Crippen molar-refractivity contribution in [2.75, 3.05) is 0 Å². The van der Waals surface area contributed by atoms with Crippen LogP contribution in [-0.4, -0.2) is 12.2 Å². The van der Waals surface area contributed by atoms with Crippen LogP contribution in [0.1, 0.15) is 18.1 Å². The Kier molecular flexibility index (Phi) is 2.33. The molecule has 1 aliphatic rings. The Morgan fingerprint density at radius 3 is 3.29 bits per heavy atom. The Bertz CT molecular complexity index is 394. The molecule has 0 aromatic heterocycles. The van der Waals surface area contributed by atoms with E-state index in [-0.39, 0.29) is 6.10 Å². The molecule has 3 nitrogen and oxygen atoms in total. The van der Waals surface area contributed by atoms with Crippen LogP contribution in [0.3, 0.4) is 0 Å². The lowest BCUT2D eigenvalue weighted by Gasteiger charge is -2.06. The van der Waals surface area contributed by atoms with Crippen molar-refractivity contribution >= 4 is 6.08 Å². The molecule has 14 heavy (non-hydrogen) atoms. The van der Waals surface area contributed by atoms with Crippen LogP contribution < -0.4 is 4.74 Å². The molecule has 0 amide bonds. The number of ether oxygens (including phenoxy) is 1. The molecule has 0 fully saturated rings. The first-order valence-corrected chi connectivity index (χ1v) is 4.62. The predicted molar refractivity (Wildman–Crippen MR) is 52.1 cm³/mol. The van der Waals surface area contributed by atoms with Gasteiger partial charge in [0.15, 0.2) is 0 Å². The van der Waals surface area contributed by atoms with E-state index in [2.05, 4.69) is 4.99 Å². The lowest BCUT2D eigenvalue weighted by Crippen LogP contribution is -2.05. The van der Waals surface area contributed by atoms with Gasteiger partial charge in [-0.15, -0.1) is 0 Å². The molecule has 0 saturated heterocycles. The molecule has 1 unspecified atom stereocenters. The average molecular weight is 189 g/mol. The highest BCUT2D eigenvalue weighted by molar-refractivity contribution is 5.45. The summed E-state index contributed by atoms with van der Waals surface area (Å²) in [5, 5.41) is 0. The number of carbonyl (C=O) groups excluding carboxylic acids is 1. The Labute approximate surface area is 82.4 Å². The van der Waals surface area contributed by atoms with Crippen molar-refractivity contribution in [1.29, 1.82) is 0 Å². The number of isocyanates is 1. The summed E-state index contributed by atoms with van der Waals surface area (Å²) in [5.41, 5.74) is 2.17. The molecule has 2 rings (SSSR count). The third-order valence-corrected chi connectivity index (χ3v) is 2.32. The lowest BCUT2D eigenvalue weighted by atomic mass is 10.1. The van der Waals surface area contributed by atoms with Crippen LogP contribution in [0.4, 0.5) is 0 Å². The lowest BCUT2D eigenvalue weighted by molar-refractivity contribution is 0.252. The van der Waals surface area contributed by atoms with Crippen molar-refractivity contribution in [3.8, 4) is 5.75 Å². The number of fused-ring (bicyclic) bond motifs is 1. The molecule has 72 valence electrons. The van der Waals surface area contributed by atoms with E-state index in [1.54, 1.807) is 0 Å². The van der Waals surface area contributed by atoms with Crippen molar-refractivity contribution in [2.45, 2.75) is 26.0 Å². The van der Waals surface area contributed by atoms with Crippen LogP contribution in [0.2, 0.25) is 0 Å². The number of nitrogens with zero attached hydrogens (tertiary/aromatic N) is 1. The van der Waals surface area contributed by atoms with E-state index in [0.29, 0.717) is 6.54 Å². The molecular formula is C11H11NO2. The van der Waals surface area contributed by atoms with Crippen molar-refractivity contribution in [3.05, 3.63) is 29.3 Å². The second-order valence-corrected chi connectivity index (χ2v) is 3.45. The number of para-hydroxylation sites is 1. The third kappa shape index (κ3) is 1.54. The monoisotopic (exact) mass is 189 g/mol. The minimum absolute atomic E-state index is 0.228. The van der Waals surface area contributed by atoms with Gasteiger partial charge in [0, 0.05) is 12.0 Å². The average Bonchev–Trinajstić information content (AvgIpc) is 2.55. The van der Waals surface area contributed by atoms with Crippen LogP contribution in [0, 0.1) is 0 Å². The second kappa shape index (κ2) is 3.64. The molecule has 1 aromatic carbocycles. The van der Waals surface area contributed by atoms with E-state index in [4.69, 9.17) is 4.74 Å². The van der Waals surface area contributed by atoms with Gasteiger partial charge < -0.3 is 4.74 Å². The first-order valence-electron chi connectivity index (χ1n) is 4.62. The number of hydrogen-bond donors (Lipinski definition) is 0. The zero-order chi connectivity index (χ0) is 9.97. The number of rotatable bonds is 2. The molecule has 0 saturated carbocycles. The molecule has 1 aliphatic heterocycles. The van der Waals surface area contributed by atoms with Gasteiger partial charge in [-0.05, 0) is 12.5 Å². The summed E-state index contributed by atoms with van der Waals surface area (Å²) in [6.07, 6.45) is 2.70. The highest BCUT2D eigenvalue weighted by Crippen LogP contribution is 2.32. The topological polar surface area (TPSA) is 38.7 Å². The maximum Gasteiger partial charge on any atom is 0.235 e. The predicted octanol–water partition coefficient (Wildman–Crippen LogP) is 1.85. The zero-order valence-corrected chi connectivity index (χ0v) is 7.99. The van der Waals surface area contributed by atoms with E-state index in [0.717, 1.165) is 17.7 Å². The summed E-state index contributed by atoms with van der Waals surface area (Å²) >= 11 is 0. The minimum atomic E-state index is 0.228. The van der Waals surface area contributed by atoms with E-state index in [9.17, 15) is 4.79 Å². The van der Waals surface area contributed by atoms with E-state index < -0.39 is 0 Å². The minimum Gasteiger partial charge on any atom is -0.490 e. The fraction of sp³-hybridized carbons (Fsp3) is 0.364. The Balaban J connectivity index is 2.34. The number of aliphatic imine (C=N–C) groups is 1. The van der Waals surface area contributed by atoms with E-state index in [1.165, 1.54) is 11.6 Å². The van der Waals surface area contributed by atoms with Gasteiger partial charge in [0.1, 0.15) is 11.9 Å². The Morgan fingerprint density at radius 2 is 2.50 bits per heavy atom. The Morgan fingerprint density at radius 1 is 1.64 bits per heavy atom. The van der Waals surface area contributed by atoms with E-state index >= 15 is 0 Å². The van der Waals surface area contributed by atoms with Crippen molar-refractivity contribution < 1.29 is 9.53 Å². The zero-order valence-electron chi connectivity index (χ0n) is 7.99. The first-order chi connectivity index (χ1) is 6.81. The van der Waals surface area contributed by atoms with Crippen LogP contribution in [0.15, 0.2) is 23.2 Å². The van der Waals surface area contributed by atoms with E-state index in [1.807, 2.05) is 25.1 Å². The normalized spacial score (nSPS) is 18.2. The third-order valence-electron chi connectivity index (χ3n) is 2.32. The number of benzene rings is 1. The Hall–Kier alpha value is -1.60. The van der Waals surface area contributed by atoms with Crippen LogP contribution >= 0.6 is 0 Å². The molecule has 1 aromatic rings. The molecule has 3 heteroatoms. The molecule has 1 heterocycles. The standard InChI is InChI=1S/C11H11NO2/c1-8-5-9-3-2-4-10(6-12-7-13)11(9)14-8/h2-4,8H,5-6H2,1H3. The van der Waals surface area contributed by atoms with Gasteiger partial charge >= 0.3 is 0 Å². The van der Waals surface area contributed by atoms with Crippen LogP contribution in [0.25, 0.3) is 0 Å². The highest BCUT2D eigenvalue weighted by atomic mass is 16.5. The molecule has 1 atom stereocenters. The summed E-state index contributed by atoms with van der Waals surface area (Å²) in [5.74, 6) is 0.902. The van der Waals surface area contributed by atoms with Gasteiger partial charge in [0.2, 0.25) is 6.08 Å². The molecule has 0 bridgehead atoms. The highest BCUT2D eigenvalue weighted by Gasteiger charge is 2.21. The summed E-state index contributed by atoms with van der Waals surface area (Å²) < 4.78 is 5.65.